The third kappa shape index (κ3) is 2.80. The van der Waals surface area contributed by atoms with Crippen LogP contribution in [0.3, 0.4) is 0 Å². The van der Waals surface area contributed by atoms with Crippen molar-refractivity contribution in [3.8, 4) is 11.3 Å². The third-order valence-corrected chi connectivity index (χ3v) is 3.25. The summed E-state index contributed by atoms with van der Waals surface area (Å²) in [7, 11) is 0. The highest BCUT2D eigenvalue weighted by atomic mass is 35.5. The third-order valence-electron chi connectivity index (χ3n) is 2.62. The Hall–Kier alpha value is -1.78. The van der Waals surface area contributed by atoms with E-state index in [9.17, 15) is 4.79 Å². The van der Waals surface area contributed by atoms with Crippen molar-refractivity contribution in [1.82, 2.24) is 4.98 Å². The van der Waals surface area contributed by atoms with Crippen molar-refractivity contribution in [2.45, 2.75) is 6.42 Å². The van der Waals surface area contributed by atoms with E-state index in [1.165, 1.54) is 6.20 Å². The monoisotopic (exact) mass is 296 g/mol. The normalized spacial score (nSPS) is 10.4. The van der Waals surface area contributed by atoms with E-state index in [2.05, 4.69) is 4.98 Å². The lowest BCUT2D eigenvalue weighted by molar-refractivity contribution is -0.136. The van der Waals surface area contributed by atoms with Crippen molar-refractivity contribution >= 4 is 34.9 Å². The number of rotatable bonds is 3. The number of nitrogens with two attached hydrogens (primary N) is 1. The number of nitrogens with zero attached hydrogens (tertiary/aromatic N) is 1. The van der Waals surface area contributed by atoms with Gasteiger partial charge in [0, 0.05) is 11.8 Å². The summed E-state index contributed by atoms with van der Waals surface area (Å²) < 4.78 is 0. The maximum absolute atomic E-state index is 10.8. The fraction of sp³-hybridized carbons (Fsp3) is 0.0769. The first kappa shape index (κ1) is 13.6. The first-order valence-electron chi connectivity index (χ1n) is 5.40. The Morgan fingerprint density at radius 1 is 1.26 bits per heavy atom. The average Bonchev–Trinajstić information content (AvgIpc) is 2.33. The summed E-state index contributed by atoms with van der Waals surface area (Å²) in [5.41, 5.74) is 7.62. The Balaban J connectivity index is 2.60. The molecule has 2 rings (SSSR count). The zero-order chi connectivity index (χ0) is 14.0. The van der Waals surface area contributed by atoms with Gasteiger partial charge in [-0.3, -0.25) is 9.78 Å². The van der Waals surface area contributed by atoms with Crippen LogP contribution in [0.2, 0.25) is 10.0 Å². The molecule has 98 valence electrons. The van der Waals surface area contributed by atoms with Crippen molar-refractivity contribution in [3.05, 3.63) is 46.1 Å². The van der Waals surface area contributed by atoms with Crippen LogP contribution in [0.25, 0.3) is 11.3 Å². The Bertz CT molecular complexity index is 624. The summed E-state index contributed by atoms with van der Waals surface area (Å²) in [6.07, 6.45) is 1.31. The van der Waals surface area contributed by atoms with Gasteiger partial charge in [-0.25, -0.2) is 0 Å². The highest BCUT2D eigenvalue weighted by molar-refractivity contribution is 6.39. The van der Waals surface area contributed by atoms with Gasteiger partial charge in [0.2, 0.25) is 0 Å². The molecular formula is C13H10Cl2N2O2. The number of carboxylic acid groups (broad SMARTS) is 1. The number of nitrogen functional groups attached to an aromatic ring is 1. The fourth-order valence-electron chi connectivity index (χ4n) is 1.75. The summed E-state index contributed by atoms with van der Waals surface area (Å²) in [6, 6.07) is 6.63. The van der Waals surface area contributed by atoms with Crippen LogP contribution in [0.15, 0.2) is 30.5 Å². The second-order valence-electron chi connectivity index (χ2n) is 3.90. The number of hydrogen-bond acceptors (Lipinski definition) is 3. The van der Waals surface area contributed by atoms with Crippen LogP contribution in [0.4, 0.5) is 5.69 Å². The molecule has 0 unspecified atom stereocenters. The van der Waals surface area contributed by atoms with E-state index in [0.29, 0.717) is 26.9 Å². The van der Waals surface area contributed by atoms with Crippen molar-refractivity contribution in [3.63, 3.8) is 0 Å². The minimum absolute atomic E-state index is 0.177. The maximum atomic E-state index is 10.8. The van der Waals surface area contributed by atoms with Crippen LogP contribution in [0.5, 0.6) is 0 Å². The maximum Gasteiger partial charge on any atom is 0.307 e. The highest BCUT2D eigenvalue weighted by Gasteiger charge is 2.16. The molecule has 0 spiro atoms. The zero-order valence-corrected chi connectivity index (χ0v) is 11.2. The van der Waals surface area contributed by atoms with Crippen LogP contribution in [0, 0.1) is 0 Å². The van der Waals surface area contributed by atoms with Gasteiger partial charge >= 0.3 is 5.97 Å². The van der Waals surface area contributed by atoms with Crippen molar-refractivity contribution in [2.75, 3.05) is 5.73 Å². The smallest absolute Gasteiger partial charge is 0.307 e. The molecule has 0 aliphatic heterocycles. The SMILES string of the molecule is Nc1c(CC(=O)O)ccnc1-c1c(Cl)cccc1Cl. The number of hydrogen-bond donors (Lipinski definition) is 2. The van der Waals surface area contributed by atoms with E-state index in [1.807, 2.05) is 0 Å². The topological polar surface area (TPSA) is 76.2 Å². The summed E-state index contributed by atoms with van der Waals surface area (Å²) >= 11 is 12.2. The number of halogens is 2. The van der Waals surface area contributed by atoms with Gasteiger partial charge in [-0.1, -0.05) is 29.3 Å². The molecule has 0 aliphatic carbocycles. The largest absolute Gasteiger partial charge is 0.481 e. The van der Waals surface area contributed by atoms with Gasteiger partial charge in [-0.05, 0) is 23.8 Å². The molecule has 0 atom stereocenters. The fourth-order valence-corrected chi connectivity index (χ4v) is 2.33. The summed E-state index contributed by atoms with van der Waals surface area (Å²) in [5.74, 6) is -0.964. The summed E-state index contributed by atoms with van der Waals surface area (Å²) in [4.78, 5) is 14.9. The molecule has 0 saturated heterocycles. The Morgan fingerprint density at radius 2 is 1.89 bits per heavy atom. The van der Waals surface area contributed by atoms with Crippen molar-refractivity contribution < 1.29 is 9.90 Å². The number of anilines is 1. The Labute approximate surface area is 119 Å². The van der Waals surface area contributed by atoms with E-state index in [1.54, 1.807) is 24.3 Å². The van der Waals surface area contributed by atoms with Crippen LogP contribution < -0.4 is 5.73 Å². The second-order valence-corrected chi connectivity index (χ2v) is 4.71. The van der Waals surface area contributed by atoms with Gasteiger partial charge in [-0.2, -0.15) is 0 Å². The molecule has 1 aromatic carbocycles. The number of pyridine rings is 1. The van der Waals surface area contributed by atoms with Crippen LogP contribution in [-0.4, -0.2) is 16.1 Å². The molecule has 6 heteroatoms. The van der Waals surface area contributed by atoms with Crippen molar-refractivity contribution in [1.29, 1.82) is 0 Å². The number of aliphatic carboxylic acids is 1. The summed E-state index contributed by atoms with van der Waals surface area (Å²) in [6.45, 7) is 0. The van der Waals surface area contributed by atoms with Crippen molar-refractivity contribution in [2.24, 2.45) is 0 Å². The molecule has 0 bridgehead atoms. The number of carboxylic acids is 1. The average molecular weight is 297 g/mol. The van der Waals surface area contributed by atoms with Crippen LogP contribution in [0.1, 0.15) is 5.56 Å². The lowest BCUT2D eigenvalue weighted by atomic mass is 10.0. The lowest BCUT2D eigenvalue weighted by Crippen LogP contribution is -2.06. The predicted octanol–water partition coefficient (Wildman–Crippen LogP) is 3.26. The molecule has 1 heterocycles. The molecule has 3 N–H and O–H groups in total. The molecule has 0 fully saturated rings. The predicted molar refractivity (Wildman–Crippen MR) is 75.4 cm³/mol. The standard InChI is InChI=1S/C13H10Cl2N2O2/c14-8-2-1-3-9(15)11(8)13-12(16)7(4-5-17-13)6-10(18)19/h1-5H,6,16H2,(H,18,19). The quantitative estimate of drug-likeness (QED) is 0.911. The first-order valence-corrected chi connectivity index (χ1v) is 6.16. The summed E-state index contributed by atoms with van der Waals surface area (Å²) in [5, 5.41) is 9.67. The first-order chi connectivity index (χ1) is 9.00. The van der Waals surface area contributed by atoms with Gasteiger partial charge in [0.15, 0.2) is 0 Å². The Morgan fingerprint density at radius 3 is 2.47 bits per heavy atom. The molecule has 4 nitrogen and oxygen atoms in total. The van der Waals surface area contributed by atoms with E-state index >= 15 is 0 Å². The number of benzene rings is 1. The van der Waals surface area contributed by atoms with Crippen LogP contribution in [-0.2, 0) is 11.2 Å². The molecule has 2 aromatic rings. The molecule has 0 radical (unpaired) electrons. The van der Waals surface area contributed by atoms with E-state index < -0.39 is 5.97 Å². The zero-order valence-electron chi connectivity index (χ0n) is 9.73. The second kappa shape index (κ2) is 5.47. The lowest BCUT2D eigenvalue weighted by Gasteiger charge is -2.11. The van der Waals surface area contributed by atoms with Gasteiger partial charge in [-0.15, -0.1) is 0 Å². The Kier molecular flexibility index (Phi) is 3.93. The molecule has 0 aliphatic rings. The van der Waals surface area contributed by atoms with Gasteiger partial charge < -0.3 is 10.8 Å². The minimum atomic E-state index is -0.964. The molecule has 0 amide bonds. The van der Waals surface area contributed by atoms with E-state index in [0.717, 1.165) is 0 Å². The van der Waals surface area contributed by atoms with Gasteiger partial charge in [0.25, 0.3) is 0 Å². The molecular weight excluding hydrogens is 287 g/mol. The number of carbonyl (C=O) groups is 1. The molecule has 1 aromatic heterocycles. The minimum Gasteiger partial charge on any atom is -0.481 e. The van der Waals surface area contributed by atoms with Crippen LogP contribution >= 0.6 is 23.2 Å². The molecule has 19 heavy (non-hydrogen) atoms. The van der Waals surface area contributed by atoms with Gasteiger partial charge in [0.1, 0.15) is 0 Å². The van der Waals surface area contributed by atoms with Gasteiger partial charge in [0.05, 0.1) is 27.8 Å². The highest BCUT2D eigenvalue weighted by Crippen LogP contribution is 2.37. The van der Waals surface area contributed by atoms with E-state index in [4.69, 9.17) is 34.0 Å². The number of aromatic nitrogens is 1. The van der Waals surface area contributed by atoms with E-state index in [-0.39, 0.29) is 12.1 Å². The molecule has 0 saturated carbocycles.